The summed E-state index contributed by atoms with van der Waals surface area (Å²) in [6.45, 7) is 4.25. The van der Waals surface area contributed by atoms with E-state index in [0.29, 0.717) is 28.7 Å². The molecule has 7 heteroatoms. The minimum atomic E-state index is -0.778. The fraction of sp³-hybridized carbons (Fsp3) is 0.333. The average Bonchev–Trinajstić information content (AvgIpc) is 3.19. The summed E-state index contributed by atoms with van der Waals surface area (Å²) >= 11 is 12.0. The summed E-state index contributed by atoms with van der Waals surface area (Å²) in [5.74, 6) is -0.580. The molecule has 2 aromatic rings. The predicted molar refractivity (Wildman–Crippen MR) is 108 cm³/mol. The Hall–Kier alpha value is -2.24. The van der Waals surface area contributed by atoms with Gasteiger partial charge in [-0.05, 0) is 43.7 Å². The van der Waals surface area contributed by atoms with Gasteiger partial charge < -0.3 is 14.4 Å². The first kappa shape index (κ1) is 20.5. The zero-order valence-electron chi connectivity index (χ0n) is 15.7. The van der Waals surface area contributed by atoms with E-state index in [9.17, 15) is 14.7 Å². The molecule has 0 saturated carbocycles. The van der Waals surface area contributed by atoms with Crippen LogP contribution in [0.2, 0.25) is 10.0 Å². The van der Waals surface area contributed by atoms with Crippen LogP contribution in [0.1, 0.15) is 49.3 Å². The second-order valence-electron chi connectivity index (χ2n) is 6.78. The number of nitrogens with zero attached hydrogens (tertiary/aromatic N) is 1. The van der Waals surface area contributed by atoms with Crippen molar-refractivity contribution in [1.29, 1.82) is 0 Å². The Bertz CT molecular complexity index is 948. The van der Waals surface area contributed by atoms with Crippen molar-refractivity contribution in [3.63, 3.8) is 0 Å². The van der Waals surface area contributed by atoms with Crippen LogP contribution in [0, 0.1) is 6.92 Å². The highest BCUT2D eigenvalue weighted by Gasteiger charge is 2.47. The van der Waals surface area contributed by atoms with E-state index in [1.807, 2.05) is 0 Å². The molecule has 1 N–H and O–H groups in total. The monoisotopic (exact) mass is 421 g/mol. The fourth-order valence-corrected chi connectivity index (χ4v) is 3.64. The molecule has 3 rings (SSSR count). The maximum absolute atomic E-state index is 12.8. The Morgan fingerprint density at radius 3 is 2.50 bits per heavy atom. The lowest BCUT2D eigenvalue weighted by atomic mass is 9.99. The maximum Gasteiger partial charge on any atom is 0.295 e. The normalized spacial score (nSPS) is 18.9. The van der Waals surface area contributed by atoms with Crippen molar-refractivity contribution in [2.45, 2.75) is 39.2 Å². The van der Waals surface area contributed by atoms with Gasteiger partial charge >= 0.3 is 0 Å². The third-order valence-electron chi connectivity index (χ3n) is 4.77. The minimum Gasteiger partial charge on any atom is -0.507 e. The molecule has 1 atom stereocenters. The van der Waals surface area contributed by atoms with E-state index in [2.05, 4.69) is 6.92 Å². The zero-order chi connectivity index (χ0) is 20.4. The lowest BCUT2D eigenvalue weighted by Gasteiger charge is -2.23. The van der Waals surface area contributed by atoms with Gasteiger partial charge in [-0.15, -0.1) is 0 Å². The molecule has 1 aliphatic rings. The molecule has 5 nitrogen and oxygen atoms in total. The van der Waals surface area contributed by atoms with Gasteiger partial charge in [0.25, 0.3) is 11.7 Å². The molecule has 1 aromatic carbocycles. The van der Waals surface area contributed by atoms with E-state index in [1.165, 1.54) is 17.0 Å². The first-order valence-electron chi connectivity index (χ1n) is 9.15. The number of unbranched alkanes of at least 4 members (excludes halogenated alkanes) is 2. The summed E-state index contributed by atoms with van der Waals surface area (Å²) in [5, 5.41) is 11.5. The summed E-state index contributed by atoms with van der Waals surface area (Å²) in [6, 6.07) is 7.26. The number of amides is 1. The summed E-state index contributed by atoms with van der Waals surface area (Å²) in [6.07, 6.45) is 2.67. The molecular weight excluding hydrogens is 401 g/mol. The van der Waals surface area contributed by atoms with E-state index in [1.54, 1.807) is 25.1 Å². The highest BCUT2D eigenvalue weighted by Crippen LogP contribution is 2.40. The lowest BCUT2D eigenvalue weighted by molar-refractivity contribution is -0.140. The van der Waals surface area contributed by atoms with Crippen LogP contribution in [0.15, 0.2) is 40.3 Å². The van der Waals surface area contributed by atoms with Gasteiger partial charge in [-0.2, -0.15) is 0 Å². The number of rotatable bonds is 6. The summed E-state index contributed by atoms with van der Waals surface area (Å²) in [4.78, 5) is 27.0. The number of benzene rings is 1. The number of Topliss-reactive ketones (excluding diaryl/α,β-unsaturated/α-hetero) is 1. The molecule has 0 spiro atoms. The molecule has 2 heterocycles. The van der Waals surface area contributed by atoms with Crippen LogP contribution in [0.5, 0.6) is 0 Å². The summed E-state index contributed by atoms with van der Waals surface area (Å²) in [7, 11) is 0. The molecule has 0 radical (unpaired) electrons. The van der Waals surface area contributed by atoms with E-state index < -0.39 is 17.7 Å². The smallest absolute Gasteiger partial charge is 0.295 e. The van der Waals surface area contributed by atoms with E-state index in [0.717, 1.165) is 19.3 Å². The number of carbonyl (C=O) groups is 2. The molecule has 1 aromatic heterocycles. The topological polar surface area (TPSA) is 70.8 Å². The number of carbonyl (C=O) groups excluding carboxylic acids is 2. The Morgan fingerprint density at radius 1 is 1.14 bits per heavy atom. The maximum atomic E-state index is 12.8. The minimum absolute atomic E-state index is 0.00534. The van der Waals surface area contributed by atoms with Gasteiger partial charge in [-0.25, -0.2) is 0 Å². The number of furan rings is 1. The van der Waals surface area contributed by atoms with Gasteiger partial charge in [0.15, 0.2) is 0 Å². The van der Waals surface area contributed by atoms with Gasteiger partial charge in [0.1, 0.15) is 23.3 Å². The number of hydrogen-bond acceptors (Lipinski definition) is 4. The Balaban J connectivity index is 2.11. The molecular formula is C21H21Cl2NO4. The standard InChI is InChI=1S/C21H21Cl2NO4/c1-3-4-5-10-24-18(16-9-6-12(2)28-16)17(20(26)21(24)27)19(25)13-7-8-14(22)15(23)11-13/h6-9,11,18,25H,3-5,10H2,1-2H3/b19-17-. The van der Waals surface area contributed by atoms with E-state index in [4.69, 9.17) is 27.6 Å². The third-order valence-corrected chi connectivity index (χ3v) is 5.51. The van der Waals surface area contributed by atoms with E-state index >= 15 is 0 Å². The molecule has 0 aliphatic carbocycles. The van der Waals surface area contributed by atoms with Gasteiger partial charge in [0.05, 0.1) is 15.6 Å². The predicted octanol–water partition coefficient (Wildman–Crippen LogP) is 5.51. The van der Waals surface area contributed by atoms with E-state index in [-0.39, 0.29) is 16.4 Å². The fourth-order valence-electron chi connectivity index (χ4n) is 3.34. The SMILES string of the molecule is CCCCCN1C(=O)C(=O)/C(=C(\O)c2ccc(Cl)c(Cl)c2)C1c1ccc(C)o1. The van der Waals surface area contributed by atoms with Crippen molar-refractivity contribution in [3.05, 3.63) is 63.0 Å². The number of halogens is 2. The van der Waals surface area contributed by atoms with Crippen molar-refractivity contribution in [2.75, 3.05) is 6.54 Å². The second kappa shape index (κ2) is 8.41. The number of aliphatic hydroxyl groups excluding tert-OH is 1. The summed E-state index contributed by atoms with van der Waals surface area (Å²) < 4.78 is 5.72. The van der Waals surface area contributed by atoms with Crippen LogP contribution in [-0.4, -0.2) is 28.2 Å². The molecule has 148 valence electrons. The Kier molecular flexibility index (Phi) is 6.16. The van der Waals surface area contributed by atoms with Crippen molar-refractivity contribution in [3.8, 4) is 0 Å². The number of hydrogen-bond donors (Lipinski definition) is 1. The van der Waals surface area contributed by atoms with Crippen LogP contribution in [0.3, 0.4) is 0 Å². The quantitative estimate of drug-likeness (QED) is 0.289. The first-order valence-corrected chi connectivity index (χ1v) is 9.91. The molecule has 1 saturated heterocycles. The van der Waals surface area contributed by atoms with Gasteiger partial charge in [0, 0.05) is 12.1 Å². The third kappa shape index (κ3) is 3.82. The van der Waals surface area contributed by atoms with Crippen molar-refractivity contribution in [2.24, 2.45) is 0 Å². The molecule has 1 aliphatic heterocycles. The van der Waals surface area contributed by atoms with Gasteiger partial charge in [-0.3, -0.25) is 9.59 Å². The molecule has 1 unspecified atom stereocenters. The van der Waals surface area contributed by atoms with Crippen molar-refractivity contribution in [1.82, 2.24) is 4.90 Å². The van der Waals surface area contributed by atoms with Crippen molar-refractivity contribution < 1.29 is 19.1 Å². The lowest BCUT2D eigenvalue weighted by Crippen LogP contribution is -2.30. The van der Waals surface area contributed by atoms with Crippen LogP contribution >= 0.6 is 23.2 Å². The van der Waals surface area contributed by atoms with Crippen LogP contribution < -0.4 is 0 Å². The Labute approximate surface area is 173 Å². The molecule has 1 amide bonds. The highest BCUT2D eigenvalue weighted by atomic mass is 35.5. The van der Waals surface area contributed by atoms with Gasteiger partial charge in [-0.1, -0.05) is 43.0 Å². The largest absolute Gasteiger partial charge is 0.507 e. The number of aliphatic hydroxyl groups is 1. The van der Waals surface area contributed by atoms with Crippen LogP contribution in [0.4, 0.5) is 0 Å². The van der Waals surface area contributed by atoms with Crippen LogP contribution in [-0.2, 0) is 9.59 Å². The molecule has 0 bridgehead atoms. The van der Waals surface area contributed by atoms with Crippen molar-refractivity contribution >= 4 is 40.7 Å². The zero-order valence-corrected chi connectivity index (χ0v) is 17.2. The first-order chi connectivity index (χ1) is 13.3. The second-order valence-corrected chi connectivity index (χ2v) is 7.59. The van der Waals surface area contributed by atoms with Crippen LogP contribution in [0.25, 0.3) is 5.76 Å². The number of ketones is 1. The summed E-state index contributed by atoms with van der Waals surface area (Å²) in [5.41, 5.74) is 0.309. The average molecular weight is 422 g/mol. The number of likely N-dealkylation sites (tertiary alicyclic amines) is 1. The van der Waals surface area contributed by atoms with Gasteiger partial charge in [0.2, 0.25) is 0 Å². The molecule has 1 fully saturated rings. The highest BCUT2D eigenvalue weighted by molar-refractivity contribution is 6.46. The molecule has 28 heavy (non-hydrogen) atoms. The number of aryl methyl sites for hydroxylation is 1. The Morgan fingerprint density at radius 2 is 1.89 bits per heavy atom.